The zero-order valence-corrected chi connectivity index (χ0v) is 15.2. The Morgan fingerprint density at radius 2 is 2.29 bits per heavy atom. The van der Waals surface area contributed by atoms with Crippen LogP contribution in [0.4, 0.5) is 0 Å². The molecule has 0 spiro atoms. The van der Waals surface area contributed by atoms with Crippen molar-refractivity contribution < 1.29 is 4.74 Å². The first-order valence-electron chi connectivity index (χ1n) is 9.05. The lowest BCUT2D eigenvalue weighted by molar-refractivity contribution is 0.218. The average Bonchev–Trinajstić information content (AvgIpc) is 2.61. The summed E-state index contributed by atoms with van der Waals surface area (Å²) in [6.45, 7) is 9.16. The van der Waals surface area contributed by atoms with Gasteiger partial charge in [0, 0.05) is 23.7 Å². The molecule has 0 aliphatic carbocycles. The van der Waals surface area contributed by atoms with Crippen LogP contribution in [0.15, 0.2) is 47.5 Å². The van der Waals surface area contributed by atoms with Crippen LogP contribution in [0.3, 0.4) is 0 Å². The molecule has 0 saturated carbocycles. The third-order valence-corrected chi connectivity index (χ3v) is 4.12. The molecule has 0 amide bonds. The van der Waals surface area contributed by atoms with Crippen molar-refractivity contribution in [1.82, 2.24) is 5.32 Å². The molecule has 1 atom stereocenters. The average molecular weight is 326 g/mol. The summed E-state index contributed by atoms with van der Waals surface area (Å²) in [6, 6.07) is 8.28. The van der Waals surface area contributed by atoms with Crippen LogP contribution < -0.4 is 10.1 Å². The molecular weight excluding hydrogens is 296 g/mol. The summed E-state index contributed by atoms with van der Waals surface area (Å²) in [5.41, 5.74) is 3.13. The minimum Gasteiger partial charge on any atom is -0.493 e. The molecule has 24 heavy (non-hydrogen) atoms. The van der Waals surface area contributed by atoms with Gasteiger partial charge in [0.1, 0.15) is 5.75 Å². The smallest absolute Gasteiger partial charge is 0.119 e. The van der Waals surface area contributed by atoms with Crippen molar-refractivity contribution in [1.29, 1.82) is 0 Å². The summed E-state index contributed by atoms with van der Waals surface area (Å²) in [7, 11) is 0. The second kappa shape index (κ2) is 10.1. The van der Waals surface area contributed by atoms with Gasteiger partial charge in [0.05, 0.1) is 12.3 Å². The summed E-state index contributed by atoms with van der Waals surface area (Å²) in [4.78, 5) is 4.74. The molecule has 130 valence electrons. The molecule has 1 aliphatic heterocycles. The molecule has 1 fully saturated rings. The maximum Gasteiger partial charge on any atom is 0.119 e. The third kappa shape index (κ3) is 5.97. The predicted octanol–water partition coefficient (Wildman–Crippen LogP) is 4.85. The predicted molar refractivity (Wildman–Crippen MR) is 104 cm³/mol. The SMILES string of the molecule is C\C=C/C(C)=N/C(=C/CC)c1cccc(OCC2CCCNC2)c1. The van der Waals surface area contributed by atoms with Gasteiger partial charge in [-0.15, -0.1) is 0 Å². The van der Waals surface area contributed by atoms with Crippen LogP contribution in [-0.4, -0.2) is 25.4 Å². The second-order valence-electron chi connectivity index (χ2n) is 6.30. The Morgan fingerprint density at radius 1 is 1.42 bits per heavy atom. The number of hydrogen-bond acceptors (Lipinski definition) is 3. The van der Waals surface area contributed by atoms with E-state index in [1.165, 1.54) is 12.8 Å². The van der Waals surface area contributed by atoms with Crippen molar-refractivity contribution >= 4 is 11.4 Å². The topological polar surface area (TPSA) is 33.6 Å². The maximum atomic E-state index is 6.04. The number of benzene rings is 1. The lowest BCUT2D eigenvalue weighted by atomic mass is 10.0. The van der Waals surface area contributed by atoms with Crippen LogP contribution in [0.2, 0.25) is 0 Å². The van der Waals surface area contributed by atoms with Crippen molar-refractivity contribution in [2.75, 3.05) is 19.7 Å². The van der Waals surface area contributed by atoms with E-state index in [9.17, 15) is 0 Å². The Balaban J connectivity index is 2.08. The van der Waals surface area contributed by atoms with Crippen molar-refractivity contribution in [3.8, 4) is 5.75 Å². The monoisotopic (exact) mass is 326 g/mol. The van der Waals surface area contributed by atoms with E-state index in [1.807, 2.05) is 38.1 Å². The Labute approximate surface area is 146 Å². The minimum atomic E-state index is 0.614. The number of ether oxygens (including phenoxy) is 1. The van der Waals surface area contributed by atoms with Crippen molar-refractivity contribution in [3.63, 3.8) is 0 Å². The first-order chi connectivity index (χ1) is 11.7. The Kier molecular flexibility index (Phi) is 7.76. The van der Waals surface area contributed by atoms with Gasteiger partial charge in [0.15, 0.2) is 0 Å². The van der Waals surface area contributed by atoms with Crippen LogP contribution in [0.5, 0.6) is 5.75 Å². The van der Waals surface area contributed by atoms with Gasteiger partial charge in [-0.2, -0.15) is 0 Å². The lowest BCUT2D eigenvalue weighted by Gasteiger charge is -2.22. The van der Waals surface area contributed by atoms with Crippen LogP contribution >= 0.6 is 0 Å². The van der Waals surface area contributed by atoms with Crippen LogP contribution in [0.25, 0.3) is 5.70 Å². The fraction of sp³-hybridized carbons (Fsp3) is 0.476. The molecule has 0 radical (unpaired) electrons. The van der Waals surface area contributed by atoms with Crippen molar-refractivity contribution in [2.24, 2.45) is 10.9 Å². The summed E-state index contributed by atoms with van der Waals surface area (Å²) in [5, 5.41) is 3.44. The number of hydrogen-bond donors (Lipinski definition) is 1. The van der Waals surface area contributed by atoms with E-state index in [1.54, 1.807) is 0 Å². The Hall–Kier alpha value is -1.87. The van der Waals surface area contributed by atoms with Gasteiger partial charge in [0.25, 0.3) is 0 Å². The van der Waals surface area contributed by atoms with E-state index in [2.05, 4.69) is 30.4 Å². The molecule has 1 unspecified atom stereocenters. The number of rotatable bonds is 7. The van der Waals surface area contributed by atoms with Gasteiger partial charge in [-0.3, -0.25) is 4.99 Å². The summed E-state index contributed by atoms with van der Waals surface area (Å²) >= 11 is 0. The molecule has 3 heteroatoms. The first-order valence-corrected chi connectivity index (χ1v) is 9.05. The van der Waals surface area contributed by atoms with Gasteiger partial charge >= 0.3 is 0 Å². The molecule has 2 rings (SSSR count). The highest BCUT2D eigenvalue weighted by molar-refractivity contribution is 5.96. The minimum absolute atomic E-state index is 0.614. The van der Waals surface area contributed by atoms with E-state index >= 15 is 0 Å². The lowest BCUT2D eigenvalue weighted by Crippen LogP contribution is -2.33. The quantitative estimate of drug-likeness (QED) is 0.726. The number of nitrogens with one attached hydrogen (secondary N) is 1. The van der Waals surface area contributed by atoms with Gasteiger partial charge in [-0.1, -0.05) is 31.2 Å². The largest absolute Gasteiger partial charge is 0.493 e. The summed E-state index contributed by atoms with van der Waals surface area (Å²) in [5.74, 6) is 1.54. The first kappa shape index (κ1) is 18.5. The summed E-state index contributed by atoms with van der Waals surface area (Å²) in [6.07, 6.45) is 9.66. The number of piperidine rings is 1. The zero-order valence-electron chi connectivity index (χ0n) is 15.2. The molecule has 1 saturated heterocycles. The maximum absolute atomic E-state index is 6.04. The number of allylic oxidation sites excluding steroid dienone is 3. The van der Waals surface area contributed by atoms with Crippen LogP contribution in [0.1, 0.15) is 45.6 Å². The molecule has 0 bridgehead atoms. The highest BCUT2D eigenvalue weighted by Crippen LogP contribution is 2.23. The molecule has 1 aromatic carbocycles. The number of nitrogens with zero attached hydrogens (tertiary/aromatic N) is 1. The molecule has 1 heterocycles. The zero-order chi connectivity index (χ0) is 17.2. The van der Waals surface area contributed by atoms with Gasteiger partial charge < -0.3 is 10.1 Å². The molecule has 1 N–H and O–H groups in total. The Bertz CT molecular complexity index is 596. The summed E-state index contributed by atoms with van der Waals surface area (Å²) < 4.78 is 6.04. The van der Waals surface area contributed by atoms with Crippen molar-refractivity contribution in [2.45, 2.75) is 40.0 Å². The van der Waals surface area contributed by atoms with Crippen molar-refractivity contribution in [3.05, 3.63) is 48.1 Å². The normalized spacial score (nSPS) is 19.7. The van der Waals surface area contributed by atoms with Crippen LogP contribution in [-0.2, 0) is 0 Å². The molecule has 3 nitrogen and oxygen atoms in total. The van der Waals surface area contributed by atoms with E-state index in [0.29, 0.717) is 5.92 Å². The van der Waals surface area contributed by atoms with Gasteiger partial charge in [0.2, 0.25) is 0 Å². The number of aliphatic imine (C=N–C) groups is 1. The van der Waals surface area contributed by atoms with Gasteiger partial charge in [-0.05, 0) is 57.9 Å². The standard InChI is InChI=1S/C21H30N2O/c1-4-8-17(3)23-21(9-5-2)19-11-6-12-20(14-19)24-16-18-10-7-13-22-15-18/h4,6,8-9,11-12,14,18,22H,5,7,10,13,15-16H2,1-3H3/b8-4-,21-9+,23-17+. The molecule has 1 aromatic rings. The Morgan fingerprint density at radius 3 is 3.00 bits per heavy atom. The third-order valence-electron chi connectivity index (χ3n) is 4.12. The fourth-order valence-corrected chi connectivity index (χ4v) is 2.92. The van der Waals surface area contributed by atoms with E-state index in [4.69, 9.17) is 9.73 Å². The van der Waals surface area contributed by atoms with Crippen LogP contribution in [0, 0.1) is 5.92 Å². The van der Waals surface area contributed by atoms with E-state index < -0.39 is 0 Å². The molecule has 0 aromatic heterocycles. The molecule has 1 aliphatic rings. The van der Waals surface area contributed by atoms with Gasteiger partial charge in [-0.25, -0.2) is 0 Å². The second-order valence-corrected chi connectivity index (χ2v) is 6.30. The highest BCUT2D eigenvalue weighted by Gasteiger charge is 2.13. The van der Waals surface area contributed by atoms with E-state index in [-0.39, 0.29) is 0 Å². The highest BCUT2D eigenvalue weighted by atomic mass is 16.5. The molecular formula is C21H30N2O. The van der Waals surface area contributed by atoms with E-state index in [0.717, 1.165) is 48.8 Å². The fourth-order valence-electron chi connectivity index (χ4n) is 2.92.